The predicted octanol–water partition coefficient (Wildman–Crippen LogP) is 2.50. The fourth-order valence-corrected chi connectivity index (χ4v) is 4.86. The molecule has 1 aromatic heterocycles. The molecule has 2 aromatic rings. The molecular weight excluding hydrogens is 517 g/mol. The van der Waals surface area contributed by atoms with Crippen molar-refractivity contribution in [3.05, 3.63) is 61.9 Å². The maximum absolute atomic E-state index is 13.6. The fraction of sp³-hybridized carbons (Fsp3) is 0.500. The van der Waals surface area contributed by atoms with E-state index in [0.717, 1.165) is 12.8 Å². The molecule has 2 heterocycles. The zero-order valence-corrected chi connectivity index (χ0v) is 21.3. The highest BCUT2D eigenvalue weighted by atomic mass is 35.5. The molecule has 2 N–H and O–H groups in total. The third-order valence-corrected chi connectivity index (χ3v) is 7.37. The van der Waals surface area contributed by atoms with Crippen molar-refractivity contribution in [3.8, 4) is 5.75 Å². The number of aromatic amines is 1. The molecule has 0 bridgehead atoms. The maximum Gasteiger partial charge on any atom is 0.459 e. The van der Waals surface area contributed by atoms with Gasteiger partial charge in [0, 0.05) is 16.8 Å². The minimum absolute atomic E-state index is 0.0148. The summed E-state index contributed by atoms with van der Waals surface area (Å²) in [6, 6.07) is 5.10. The van der Waals surface area contributed by atoms with Gasteiger partial charge in [0.2, 0.25) is 0 Å². The van der Waals surface area contributed by atoms with Crippen molar-refractivity contribution in [1.82, 2.24) is 14.6 Å². The topological polar surface area (TPSA) is 147 Å². The van der Waals surface area contributed by atoms with E-state index in [9.17, 15) is 18.9 Å². The Balaban J connectivity index is 1.41. The first kappa shape index (κ1) is 26.6. The molecule has 1 aromatic carbocycles. The Morgan fingerprint density at radius 2 is 2.00 bits per heavy atom. The third-order valence-electron chi connectivity index (χ3n) is 5.47. The lowest BCUT2D eigenvalue weighted by Crippen LogP contribution is -2.36. The molecule has 1 unspecified atom stereocenters. The summed E-state index contributed by atoms with van der Waals surface area (Å²) in [5.74, 6) is -0.0280. The van der Waals surface area contributed by atoms with Crippen molar-refractivity contribution in [2.75, 3.05) is 19.8 Å². The highest BCUT2D eigenvalue weighted by Crippen LogP contribution is 2.45. The maximum atomic E-state index is 13.6. The Bertz CT molecular complexity index is 1240. The average molecular weight is 544 g/mol. The minimum atomic E-state index is -4.14. The quantitative estimate of drug-likeness (QED) is 0.320. The van der Waals surface area contributed by atoms with E-state index < -0.39 is 43.5 Å². The summed E-state index contributed by atoms with van der Waals surface area (Å²) in [7, 11) is -4.14. The van der Waals surface area contributed by atoms with Crippen LogP contribution in [0.25, 0.3) is 0 Å². The Morgan fingerprint density at radius 1 is 1.28 bits per heavy atom. The number of rotatable bonds is 11. The van der Waals surface area contributed by atoms with Crippen LogP contribution in [0.4, 0.5) is 0 Å². The van der Waals surface area contributed by atoms with E-state index in [0.29, 0.717) is 23.1 Å². The highest BCUT2D eigenvalue weighted by molar-refractivity contribution is 7.52. The van der Waals surface area contributed by atoms with Crippen LogP contribution in [0.1, 0.15) is 31.6 Å². The second-order valence-electron chi connectivity index (χ2n) is 8.59. The lowest BCUT2D eigenvalue weighted by atomic mass is 10.3. The largest absolute Gasteiger partial charge is 0.464 e. The van der Waals surface area contributed by atoms with Crippen LogP contribution in [0.2, 0.25) is 5.02 Å². The molecule has 1 saturated heterocycles. The van der Waals surface area contributed by atoms with Gasteiger partial charge in [-0.05, 0) is 56.9 Å². The van der Waals surface area contributed by atoms with Crippen LogP contribution in [0, 0.1) is 12.8 Å². The van der Waals surface area contributed by atoms with Gasteiger partial charge in [0.1, 0.15) is 18.4 Å². The zero-order valence-electron chi connectivity index (χ0n) is 19.7. The van der Waals surface area contributed by atoms with Gasteiger partial charge in [-0.3, -0.25) is 23.7 Å². The van der Waals surface area contributed by atoms with E-state index in [4.69, 9.17) is 34.9 Å². The number of halogens is 1. The van der Waals surface area contributed by atoms with E-state index in [1.165, 1.54) is 29.8 Å². The first-order chi connectivity index (χ1) is 17.1. The van der Waals surface area contributed by atoms with Crippen molar-refractivity contribution in [1.29, 1.82) is 0 Å². The summed E-state index contributed by atoms with van der Waals surface area (Å²) >= 11 is 5.91. The number of hydrogen-bond acceptors (Lipinski definition) is 9. The number of nitrogens with zero attached hydrogens (tertiary/aromatic N) is 1. The van der Waals surface area contributed by atoms with E-state index in [1.807, 2.05) is 0 Å². The standard InChI is InChI=1S/C22H27ClN3O9P/c1-13-9-26(22(29)24-20(13)27)18-11-31-19(34-18)12-33-36(30,35-17-7-5-16(23)6-8-17)25-14(2)21(28)32-10-15-3-4-15/h5-9,14-15,18-19H,3-4,10-12H2,1-2H3,(H,25,30)(H,24,27,29)/t14-,18+,19+,36?/m0/s1. The SMILES string of the molecule is Cc1cn([C@H]2CO[C@@H](COP(=O)(N[C@@H](C)C(=O)OCC3CC3)Oc3ccc(Cl)cc3)O2)c(=O)[nH]c1=O. The molecule has 0 amide bonds. The van der Waals surface area contributed by atoms with E-state index in [2.05, 4.69) is 10.1 Å². The molecule has 1 aliphatic heterocycles. The molecule has 0 radical (unpaired) electrons. The minimum Gasteiger partial charge on any atom is -0.464 e. The molecule has 0 spiro atoms. The normalized spacial score (nSPS) is 22.1. The third kappa shape index (κ3) is 7.06. The Morgan fingerprint density at radius 3 is 2.69 bits per heavy atom. The monoisotopic (exact) mass is 543 g/mol. The van der Waals surface area contributed by atoms with Crippen LogP contribution in [-0.2, 0) is 28.1 Å². The summed E-state index contributed by atoms with van der Waals surface area (Å²) < 4.78 is 42.4. The number of esters is 1. The number of nitrogens with one attached hydrogen (secondary N) is 2. The average Bonchev–Trinajstić information content (AvgIpc) is 3.55. The summed E-state index contributed by atoms with van der Waals surface area (Å²) in [4.78, 5) is 38.3. The van der Waals surface area contributed by atoms with Gasteiger partial charge in [0.15, 0.2) is 12.5 Å². The molecule has 1 aliphatic carbocycles. The molecular formula is C22H27ClN3O9P. The molecule has 36 heavy (non-hydrogen) atoms. The number of benzene rings is 1. The highest BCUT2D eigenvalue weighted by Gasteiger charge is 2.36. The van der Waals surface area contributed by atoms with Crippen molar-refractivity contribution in [2.45, 2.75) is 45.2 Å². The van der Waals surface area contributed by atoms with Gasteiger partial charge in [-0.25, -0.2) is 9.36 Å². The second-order valence-corrected chi connectivity index (χ2v) is 10.7. The summed E-state index contributed by atoms with van der Waals surface area (Å²) in [6.07, 6.45) is 1.56. The molecule has 2 fully saturated rings. The number of carbonyl (C=O) groups is 1. The molecule has 12 nitrogen and oxygen atoms in total. The Labute approximate surface area is 211 Å². The molecule has 196 valence electrons. The van der Waals surface area contributed by atoms with Gasteiger partial charge in [0.05, 0.1) is 13.2 Å². The van der Waals surface area contributed by atoms with Crippen LogP contribution in [0.3, 0.4) is 0 Å². The van der Waals surface area contributed by atoms with Crippen LogP contribution in [0.15, 0.2) is 40.1 Å². The zero-order chi connectivity index (χ0) is 25.9. The van der Waals surface area contributed by atoms with Gasteiger partial charge in [-0.15, -0.1) is 0 Å². The summed E-state index contributed by atoms with van der Waals surface area (Å²) in [5.41, 5.74) is -0.825. The first-order valence-corrected chi connectivity index (χ1v) is 13.3. The van der Waals surface area contributed by atoms with Gasteiger partial charge in [-0.1, -0.05) is 11.6 Å². The molecule has 1 saturated carbocycles. The van der Waals surface area contributed by atoms with Crippen molar-refractivity contribution < 1.29 is 32.6 Å². The van der Waals surface area contributed by atoms with Crippen LogP contribution in [0.5, 0.6) is 5.75 Å². The van der Waals surface area contributed by atoms with Crippen molar-refractivity contribution in [3.63, 3.8) is 0 Å². The smallest absolute Gasteiger partial charge is 0.459 e. The van der Waals surface area contributed by atoms with Gasteiger partial charge >= 0.3 is 19.4 Å². The van der Waals surface area contributed by atoms with Gasteiger partial charge in [0.25, 0.3) is 5.56 Å². The van der Waals surface area contributed by atoms with Crippen LogP contribution < -0.4 is 20.9 Å². The summed E-state index contributed by atoms with van der Waals surface area (Å²) in [6.45, 7) is 2.98. The van der Waals surface area contributed by atoms with Crippen LogP contribution in [-0.4, -0.2) is 47.7 Å². The van der Waals surface area contributed by atoms with Gasteiger partial charge < -0.3 is 18.7 Å². The van der Waals surface area contributed by atoms with Gasteiger partial charge in [-0.2, -0.15) is 5.09 Å². The number of aryl methyl sites for hydroxylation is 1. The van der Waals surface area contributed by atoms with E-state index >= 15 is 0 Å². The number of H-pyrrole nitrogens is 1. The number of ether oxygens (including phenoxy) is 3. The molecule has 2 aliphatic rings. The Hall–Kier alpha value is -2.47. The number of aromatic nitrogens is 2. The lowest BCUT2D eigenvalue weighted by Gasteiger charge is -2.24. The molecule has 4 rings (SSSR count). The molecule has 4 atom stereocenters. The molecule has 14 heteroatoms. The summed E-state index contributed by atoms with van der Waals surface area (Å²) in [5, 5.41) is 3.04. The predicted molar refractivity (Wildman–Crippen MR) is 128 cm³/mol. The second kappa shape index (κ2) is 11.3. The van der Waals surface area contributed by atoms with Crippen molar-refractivity contribution >= 4 is 25.3 Å². The Kier molecular flexibility index (Phi) is 8.34. The van der Waals surface area contributed by atoms with Crippen molar-refractivity contribution in [2.24, 2.45) is 5.92 Å². The number of carbonyl (C=O) groups excluding carboxylic acids is 1. The van der Waals surface area contributed by atoms with E-state index in [-0.39, 0.29) is 19.0 Å². The van der Waals surface area contributed by atoms with E-state index in [1.54, 1.807) is 19.1 Å². The first-order valence-electron chi connectivity index (χ1n) is 11.4. The van der Waals surface area contributed by atoms with Crippen LogP contribution >= 0.6 is 19.3 Å². The fourth-order valence-electron chi connectivity index (χ4n) is 3.26. The lowest BCUT2D eigenvalue weighted by molar-refractivity contribution is -0.145. The number of hydrogen-bond donors (Lipinski definition) is 2.